The van der Waals surface area contributed by atoms with Gasteiger partial charge in [-0.25, -0.2) is 8.78 Å². The predicted octanol–water partition coefficient (Wildman–Crippen LogP) is 3.68. The highest BCUT2D eigenvalue weighted by Crippen LogP contribution is 2.25. The summed E-state index contributed by atoms with van der Waals surface area (Å²) in [5.41, 5.74) is 0. The van der Waals surface area contributed by atoms with Crippen LogP contribution in [0.15, 0.2) is 18.2 Å². The molecule has 82 valence electrons. The summed E-state index contributed by atoms with van der Waals surface area (Å²) in [6.45, 7) is 0. The van der Waals surface area contributed by atoms with Gasteiger partial charge in [-0.1, -0.05) is 6.42 Å². The van der Waals surface area contributed by atoms with E-state index in [0.29, 0.717) is 0 Å². The van der Waals surface area contributed by atoms with E-state index in [4.69, 9.17) is 4.74 Å². The van der Waals surface area contributed by atoms with Crippen LogP contribution >= 0.6 is 0 Å². The normalized spacial score (nSPS) is 17.7. The van der Waals surface area contributed by atoms with E-state index in [1.165, 1.54) is 6.42 Å². The Bertz CT molecular complexity index is 332. The first-order valence-corrected chi connectivity index (χ1v) is 5.37. The van der Waals surface area contributed by atoms with Crippen molar-refractivity contribution in [1.29, 1.82) is 0 Å². The van der Waals surface area contributed by atoms with Gasteiger partial charge in [0.25, 0.3) is 0 Å². The highest BCUT2D eigenvalue weighted by Gasteiger charge is 2.16. The lowest BCUT2D eigenvalue weighted by Gasteiger charge is -2.23. The van der Waals surface area contributed by atoms with Gasteiger partial charge in [0.15, 0.2) is 11.6 Å². The molecule has 0 unspecified atom stereocenters. The smallest absolute Gasteiger partial charge is 0.165 e. The van der Waals surface area contributed by atoms with Crippen LogP contribution in [0.4, 0.5) is 8.78 Å². The van der Waals surface area contributed by atoms with Crippen LogP contribution in [0.5, 0.6) is 5.75 Å². The summed E-state index contributed by atoms with van der Waals surface area (Å²) in [7, 11) is 0. The molecule has 0 spiro atoms. The van der Waals surface area contributed by atoms with Gasteiger partial charge >= 0.3 is 0 Å². The van der Waals surface area contributed by atoms with Crippen LogP contribution in [0.2, 0.25) is 0 Å². The van der Waals surface area contributed by atoms with Crippen molar-refractivity contribution in [3.05, 3.63) is 29.8 Å². The molecule has 1 aromatic rings. The molecule has 0 N–H and O–H groups in total. The molecule has 0 bridgehead atoms. The molecule has 0 amide bonds. The third-order valence-electron chi connectivity index (χ3n) is 2.74. The maximum Gasteiger partial charge on any atom is 0.165 e. The predicted molar refractivity (Wildman–Crippen MR) is 53.9 cm³/mol. The Balaban J connectivity index is 2.05. The van der Waals surface area contributed by atoms with E-state index in [9.17, 15) is 8.78 Å². The summed E-state index contributed by atoms with van der Waals surface area (Å²) in [6, 6.07) is 3.32. The van der Waals surface area contributed by atoms with Gasteiger partial charge in [-0.2, -0.15) is 0 Å². The second kappa shape index (κ2) is 4.60. The van der Waals surface area contributed by atoms with Gasteiger partial charge in [-0.3, -0.25) is 0 Å². The molecule has 1 aromatic carbocycles. The zero-order valence-electron chi connectivity index (χ0n) is 8.51. The Hall–Kier alpha value is -1.12. The van der Waals surface area contributed by atoms with Gasteiger partial charge in [0.2, 0.25) is 0 Å². The molecule has 0 atom stereocenters. The van der Waals surface area contributed by atoms with Crippen molar-refractivity contribution in [3.63, 3.8) is 0 Å². The Kier molecular flexibility index (Phi) is 3.19. The lowest BCUT2D eigenvalue weighted by atomic mass is 9.98. The van der Waals surface area contributed by atoms with E-state index in [0.717, 1.165) is 43.9 Å². The largest absolute Gasteiger partial charge is 0.487 e. The molecule has 2 rings (SSSR count). The molecule has 0 radical (unpaired) electrons. The van der Waals surface area contributed by atoms with Crippen LogP contribution in [0.3, 0.4) is 0 Å². The van der Waals surface area contributed by atoms with Crippen LogP contribution in [-0.2, 0) is 0 Å². The van der Waals surface area contributed by atoms with Gasteiger partial charge in [0, 0.05) is 6.07 Å². The highest BCUT2D eigenvalue weighted by atomic mass is 19.1. The molecule has 0 aromatic heterocycles. The molecule has 0 aliphatic heterocycles. The SMILES string of the molecule is Fc1ccc(F)c(OC2CCCCC2)c1. The molecular weight excluding hydrogens is 198 g/mol. The summed E-state index contributed by atoms with van der Waals surface area (Å²) < 4.78 is 31.5. The highest BCUT2D eigenvalue weighted by molar-refractivity contribution is 5.25. The lowest BCUT2D eigenvalue weighted by molar-refractivity contribution is 0.148. The average Bonchev–Trinajstić information content (AvgIpc) is 2.25. The second-order valence-corrected chi connectivity index (χ2v) is 3.95. The van der Waals surface area contributed by atoms with Gasteiger partial charge in [-0.15, -0.1) is 0 Å². The third-order valence-corrected chi connectivity index (χ3v) is 2.74. The van der Waals surface area contributed by atoms with Gasteiger partial charge < -0.3 is 4.74 Å². The van der Waals surface area contributed by atoms with Crippen LogP contribution in [0, 0.1) is 11.6 Å². The molecule has 15 heavy (non-hydrogen) atoms. The Labute approximate surface area is 88.1 Å². The standard InChI is InChI=1S/C12H14F2O/c13-9-6-7-11(14)12(8-9)15-10-4-2-1-3-5-10/h6-8,10H,1-5H2. The fraction of sp³-hybridized carbons (Fsp3) is 0.500. The third kappa shape index (κ3) is 2.67. The zero-order chi connectivity index (χ0) is 10.7. The number of rotatable bonds is 2. The van der Waals surface area contributed by atoms with E-state index in [1.807, 2.05) is 0 Å². The van der Waals surface area contributed by atoms with Crippen molar-refractivity contribution >= 4 is 0 Å². The van der Waals surface area contributed by atoms with Crippen LogP contribution < -0.4 is 4.74 Å². The van der Waals surface area contributed by atoms with Crippen molar-refractivity contribution < 1.29 is 13.5 Å². The molecule has 1 nitrogen and oxygen atoms in total. The van der Waals surface area contributed by atoms with Crippen molar-refractivity contribution in [1.82, 2.24) is 0 Å². The monoisotopic (exact) mass is 212 g/mol. The zero-order valence-corrected chi connectivity index (χ0v) is 8.51. The maximum atomic E-state index is 13.2. The van der Waals surface area contributed by atoms with Crippen molar-refractivity contribution in [2.75, 3.05) is 0 Å². The average molecular weight is 212 g/mol. The van der Waals surface area contributed by atoms with E-state index in [-0.39, 0.29) is 11.9 Å². The molecule has 1 aliphatic rings. The molecule has 1 aliphatic carbocycles. The number of hydrogen-bond donors (Lipinski definition) is 0. The Morgan fingerprint density at radius 1 is 1.07 bits per heavy atom. The summed E-state index contributed by atoms with van der Waals surface area (Å²) >= 11 is 0. The first-order chi connectivity index (χ1) is 7.25. The number of halogens is 2. The fourth-order valence-corrected chi connectivity index (χ4v) is 1.93. The van der Waals surface area contributed by atoms with E-state index in [2.05, 4.69) is 0 Å². The molecule has 3 heteroatoms. The van der Waals surface area contributed by atoms with Crippen molar-refractivity contribution in [2.24, 2.45) is 0 Å². The Morgan fingerprint density at radius 3 is 2.53 bits per heavy atom. The van der Waals surface area contributed by atoms with E-state index >= 15 is 0 Å². The quantitative estimate of drug-likeness (QED) is 0.726. The minimum absolute atomic E-state index is 0.0434. The van der Waals surface area contributed by atoms with Crippen LogP contribution in [0.1, 0.15) is 32.1 Å². The maximum absolute atomic E-state index is 13.2. The second-order valence-electron chi connectivity index (χ2n) is 3.95. The minimum Gasteiger partial charge on any atom is -0.487 e. The van der Waals surface area contributed by atoms with E-state index < -0.39 is 11.6 Å². The van der Waals surface area contributed by atoms with Crippen molar-refractivity contribution in [3.8, 4) is 5.75 Å². The molecule has 0 saturated heterocycles. The van der Waals surface area contributed by atoms with Gasteiger partial charge in [-0.05, 0) is 37.8 Å². The molecule has 1 saturated carbocycles. The summed E-state index contributed by atoms with van der Waals surface area (Å²) in [6.07, 6.45) is 5.37. The number of hydrogen-bond acceptors (Lipinski definition) is 1. The summed E-state index contributed by atoms with van der Waals surface area (Å²) in [4.78, 5) is 0. The van der Waals surface area contributed by atoms with Gasteiger partial charge in [0.05, 0.1) is 6.10 Å². The number of benzene rings is 1. The topological polar surface area (TPSA) is 9.23 Å². The summed E-state index contributed by atoms with van der Waals surface area (Å²) in [5.74, 6) is -0.897. The first-order valence-electron chi connectivity index (χ1n) is 5.37. The summed E-state index contributed by atoms with van der Waals surface area (Å²) in [5, 5.41) is 0. The fourth-order valence-electron chi connectivity index (χ4n) is 1.93. The first kappa shape index (κ1) is 10.4. The lowest BCUT2D eigenvalue weighted by Crippen LogP contribution is -2.20. The van der Waals surface area contributed by atoms with Gasteiger partial charge in [0.1, 0.15) is 5.82 Å². The van der Waals surface area contributed by atoms with Crippen molar-refractivity contribution in [2.45, 2.75) is 38.2 Å². The number of ether oxygens (including phenoxy) is 1. The Morgan fingerprint density at radius 2 is 1.80 bits per heavy atom. The van der Waals surface area contributed by atoms with Crippen LogP contribution in [0.25, 0.3) is 0 Å². The molecular formula is C12H14F2O. The molecule has 1 fully saturated rings. The minimum atomic E-state index is -0.484. The van der Waals surface area contributed by atoms with Crippen LogP contribution in [-0.4, -0.2) is 6.10 Å². The molecule has 0 heterocycles. The van der Waals surface area contributed by atoms with E-state index in [1.54, 1.807) is 0 Å².